The van der Waals surface area contributed by atoms with Crippen LogP contribution in [-0.2, 0) is 14.3 Å². The summed E-state index contributed by atoms with van der Waals surface area (Å²) in [5.74, 6) is -0.399. The van der Waals surface area contributed by atoms with Crippen LogP contribution in [0.4, 0.5) is 4.79 Å². The van der Waals surface area contributed by atoms with Crippen LogP contribution < -0.4 is 10.5 Å². The van der Waals surface area contributed by atoms with Crippen molar-refractivity contribution in [2.24, 2.45) is 5.73 Å². The molecule has 0 unspecified atom stereocenters. The Hall–Kier alpha value is -2.84. The summed E-state index contributed by atoms with van der Waals surface area (Å²) in [5.41, 5.74) is 5.47. The van der Waals surface area contributed by atoms with Gasteiger partial charge in [0, 0.05) is 0 Å². The lowest BCUT2D eigenvalue weighted by Gasteiger charge is -2.04. The summed E-state index contributed by atoms with van der Waals surface area (Å²) in [7, 11) is 0. The predicted octanol–water partition coefficient (Wildman–Crippen LogP) is 2.85. The molecule has 0 aliphatic rings. The van der Waals surface area contributed by atoms with Crippen molar-refractivity contribution in [1.82, 2.24) is 0 Å². The Morgan fingerprint density at radius 2 is 1.50 bits per heavy atom. The summed E-state index contributed by atoms with van der Waals surface area (Å²) in [6, 6.07) is 17.3. The topological polar surface area (TPSA) is 105 Å². The van der Waals surface area contributed by atoms with E-state index in [1.807, 2.05) is 6.07 Å². The molecule has 2 N–H and O–H groups in total. The Morgan fingerprint density at radius 1 is 0.923 bits per heavy atom. The first-order chi connectivity index (χ1) is 12.6. The lowest BCUT2D eigenvalue weighted by molar-refractivity contribution is -0.132. The Bertz CT molecular complexity index is 693. The van der Waals surface area contributed by atoms with Crippen LogP contribution in [0.5, 0.6) is 5.75 Å². The highest BCUT2D eigenvalue weighted by Crippen LogP contribution is 2.07. The number of hydrogen-bond acceptors (Lipinski definition) is 8. The van der Waals surface area contributed by atoms with Crippen LogP contribution in [0.15, 0.2) is 60.7 Å². The molecule has 0 amide bonds. The molecule has 0 saturated heterocycles. The van der Waals surface area contributed by atoms with E-state index >= 15 is 0 Å². The van der Waals surface area contributed by atoms with Crippen LogP contribution in [0, 0.1) is 0 Å². The standard InChI is InChI=1S/C10H10O4S.C8H9NO2/c1-15-10(12)14-7-13-9(11)8-5-3-2-4-6-8;9-6-8(10)11-7-4-2-1-3-5-7/h2-6H,7H2,1H3;1-5H,6,9H2. The van der Waals surface area contributed by atoms with Crippen LogP contribution in [0.1, 0.15) is 10.4 Å². The SMILES string of the molecule is CSC(=O)OCOC(=O)c1ccccc1.NCC(=O)Oc1ccccc1. The Balaban J connectivity index is 0.000000273. The number of esters is 2. The highest BCUT2D eigenvalue weighted by Gasteiger charge is 2.06. The maximum absolute atomic E-state index is 11.3. The number of hydrogen-bond donors (Lipinski definition) is 1. The fourth-order valence-electron chi connectivity index (χ4n) is 1.51. The van der Waals surface area contributed by atoms with Crippen molar-refractivity contribution in [2.75, 3.05) is 19.6 Å². The summed E-state index contributed by atoms with van der Waals surface area (Å²) in [6.45, 7) is -0.442. The summed E-state index contributed by atoms with van der Waals surface area (Å²) >= 11 is 0.920. The summed E-state index contributed by atoms with van der Waals surface area (Å²) in [4.78, 5) is 32.6. The van der Waals surface area contributed by atoms with E-state index in [2.05, 4.69) is 4.74 Å². The third-order valence-corrected chi connectivity index (χ3v) is 3.14. The van der Waals surface area contributed by atoms with Gasteiger partial charge in [0.1, 0.15) is 5.75 Å². The first-order valence-corrected chi connectivity index (χ1v) is 8.68. The highest BCUT2D eigenvalue weighted by molar-refractivity contribution is 8.12. The molecule has 0 radical (unpaired) electrons. The van der Waals surface area contributed by atoms with Crippen LogP contribution in [0.25, 0.3) is 0 Å². The minimum atomic E-state index is -0.510. The van der Waals surface area contributed by atoms with E-state index in [9.17, 15) is 14.4 Å². The molecule has 0 aliphatic heterocycles. The van der Waals surface area contributed by atoms with Gasteiger partial charge >= 0.3 is 17.2 Å². The maximum Gasteiger partial charge on any atom is 0.369 e. The molecule has 2 rings (SSSR count). The first kappa shape index (κ1) is 21.2. The van der Waals surface area contributed by atoms with Crippen molar-refractivity contribution in [3.8, 4) is 5.75 Å². The van der Waals surface area contributed by atoms with Gasteiger partial charge in [-0.25, -0.2) is 9.59 Å². The van der Waals surface area contributed by atoms with E-state index in [4.69, 9.17) is 15.2 Å². The lowest BCUT2D eigenvalue weighted by atomic mass is 10.2. The average Bonchev–Trinajstić information content (AvgIpc) is 2.69. The number of thioether (sulfide) groups is 1. The largest absolute Gasteiger partial charge is 0.426 e. The zero-order valence-electron chi connectivity index (χ0n) is 14.1. The van der Waals surface area contributed by atoms with Gasteiger partial charge in [-0.2, -0.15) is 0 Å². The van der Waals surface area contributed by atoms with Gasteiger partial charge in [-0.05, 0) is 42.3 Å². The van der Waals surface area contributed by atoms with Gasteiger partial charge in [0.15, 0.2) is 0 Å². The Labute approximate surface area is 155 Å². The molecular weight excluding hydrogens is 358 g/mol. The molecule has 0 spiro atoms. The van der Waals surface area contributed by atoms with Crippen LogP contribution >= 0.6 is 11.8 Å². The van der Waals surface area contributed by atoms with Gasteiger partial charge in [0.25, 0.3) is 0 Å². The number of nitrogens with two attached hydrogens (primary N) is 1. The lowest BCUT2D eigenvalue weighted by Crippen LogP contribution is -2.19. The second kappa shape index (κ2) is 12.5. The van der Waals surface area contributed by atoms with Crippen LogP contribution in [-0.4, -0.2) is 36.8 Å². The second-order valence-corrected chi connectivity index (χ2v) is 5.25. The van der Waals surface area contributed by atoms with E-state index in [1.165, 1.54) is 0 Å². The minimum absolute atomic E-state index is 0.0884. The number of ether oxygens (including phenoxy) is 3. The summed E-state index contributed by atoms with van der Waals surface area (Å²) in [5, 5.41) is -0.476. The Kier molecular flexibility index (Phi) is 10.2. The van der Waals surface area contributed by atoms with Crippen molar-refractivity contribution in [3.63, 3.8) is 0 Å². The summed E-state index contributed by atoms with van der Waals surface area (Å²) < 4.78 is 14.1. The van der Waals surface area contributed by atoms with Crippen molar-refractivity contribution >= 4 is 29.0 Å². The molecule has 0 fully saturated rings. The van der Waals surface area contributed by atoms with E-state index in [0.717, 1.165) is 11.8 Å². The molecule has 138 valence electrons. The molecule has 2 aromatic carbocycles. The van der Waals surface area contributed by atoms with Gasteiger partial charge in [-0.15, -0.1) is 0 Å². The number of rotatable bonds is 5. The number of carbonyl (C=O) groups excluding carboxylic acids is 3. The van der Waals surface area contributed by atoms with Crippen molar-refractivity contribution in [1.29, 1.82) is 0 Å². The van der Waals surface area contributed by atoms with Gasteiger partial charge < -0.3 is 19.9 Å². The molecule has 7 nitrogen and oxygen atoms in total. The molecule has 0 heterocycles. The van der Waals surface area contributed by atoms with Crippen molar-refractivity contribution in [2.45, 2.75) is 0 Å². The minimum Gasteiger partial charge on any atom is -0.426 e. The average molecular weight is 377 g/mol. The molecule has 0 bridgehead atoms. The van der Waals surface area contributed by atoms with Gasteiger partial charge in [-0.3, -0.25) is 4.79 Å². The molecule has 0 saturated carbocycles. The fraction of sp³-hybridized carbons (Fsp3) is 0.167. The third-order valence-electron chi connectivity index (χ3n) is 2.68. The van der Waals surface area contributed by atoms with Crippen molar-refractivity contribution in [3.05, 3.63) is 66.2 Å². The monoisotopic (exact) mass is 377 g/mol. The van der Waals surface area contributed by atoms with Gasteiger partial charge in [0.05, 0.1) is 12.1 Å². The smallest absolute Gasteiger partial charge is 0.369 e. The predicted molar refractivity (Wildman–Crippen MR) is 97.9 cm³/mol. The van der Waals surface area contributed by atoms with Crippen LogP contribution in [0.2, 0.25) is 0 Å². The van der Waals surface area contributed by atoms with Crippen LogP contribution in [0.3, 0.4) is 0 Å². The zero-order chi connectivity index (χ0) is 19.2. The quantitative estimate of drug-likeness (QED) is 0.482. The molecule has 0 aliphatic carbocycles. The summed E-state index contributed by atoms with van der Waals surface area (Å²) in [6.07, 6.45) is 1.58. The first-order valence-electron chi connectivity index (χ1n) is 7.45. The van der Waals surface area contributed by atoms with Gasteiger partial charge in [0.2, 0.25) is 6.79 Å². The zero-order valence-corrected chi connectivity index (χ0v) is 14.9. The molecule has 0 aromatic heterocycles. The number of carbonyl (C=O) groups is 3. The second-order valence-electron chi connectivity index (χ2n) is 4.51. The van der Waals surface area contributed by atoms with E-state index in [0.29, 0.717) is 11.3 Å². The Morgan fingerprint density at radius 3 is 2.04 bits per heavy atom. The number of para-hydroxylation sites is 1. The van der Waals surface area contributed by atoms with E-state index in [1.54, 1.807) is 60.9 Å². The molecule has 26 heavy (non-hydrogen) atoms. The van der Waals surface area contributed by atoms with E-state index in [-0.39, 0.29) is 13.3 Å². The number of benzene rings is 2. The third kappa shape index (κ3) is 8.86. The van der Waals surface area contributed by atoms with Crippen molar-refractivity contribution < 1.29 is 28.6 Å². The molecule has 8 heteroatoms. The fourth-order valence-corrected chi connectivity index (χ4v) is 1.68. The normalized spacial score (nSPS) is 9.31. The molecular formula is C18H19NO6S. The highest BCUT2D eigenvalue weighted by atomic mass is 32.2. The van der Waals surface area contributed by atoms with Gasteiger partial charge in [-0.1, -0.05) is 36.4 Å². The molecule has 0 atom stereocenters. The van der Waals surface area contributed by atoms with E-state index < -0.39 is 17.2 Å². The molecule has 2 aromatic rings. The maximum atomic E-state index is 11.3.